The van der Waals surface area contributed by atoms with E-state index in [-0.39, 0.29) is 11.7 Å². The minimum absolute atomic E-state index is 0.0141. The van der Waals surface area contributed by atoms with Crippen LogP contribution in [0, 0.1) is 0 Å². The molecule has 0 bridgehead atoms. The lowest BCUT2D eigenvalue weighted by Crippen LogP contribution is -2.27. The third-order valence-corrected chi connectivity index (χ3v) is 5.23. The molecule has 0 atom stereocenters. The van der Waals surface area contributed by atoms with Gasteiger partial charge in [-0.3, -0.25) is 4.79 Å². The van der Waals surface area contributed by atoms with Gasteiger partial charge in [-0.2, -0.15) is 4.68 Å². The third kappa shape index (κ3) is 5.08. The summed E-state index contributed by atoms with van der Waals surface area (Å²) < 4.78 is 1.58. The van der Waals surface area contributed by atoms with Gasteiger partial charge in [-0.25, -0.2) is 0 Å². The summed E-state index contributed by atoms with van der Waals surface area (Å²) in [6, 6.07) is 15.6. The van der Waals surface area contributed by atoms with Gasteiger partial charge < -0.3 is 4.90 Å². The van der Waals surface area contributed by atoms with Crippen molar-refractivity contribution in [2.24, 2.45) is 0 Å². The molecule has 0 fully saturated rings. The second kappa shape index (κ2) is 9.01. The van der Waals surface area contributed by atoms with Gasteiger partial charge >= 0.3 is 0 Å². The summed E-state index contributed by atoms with van der Waals surface area (Å²) in [7, 11) is 1.80. The van der Waals surface area contributed by atoms with Crippen molar-refractivity contribution in [1.82, 2.24) is 25.1 Å². The number of aryl methyl sites for hydroxylation is 1. The molecule has 1 aromatic heterocycles. The lowest BCUT2D eigenvalue weighted by molar-refractivity contribution is -0.127. The van der Waals surface area contributed by atoms with Crippen molar-refractivity contribution in [3.05, 3.63) is 64.7 Å². The van der Waals surface area contributed by atoms with Crippen LogP contribution in [0.3, 0.4) is 0 Å². The molecule has 2 aromatic carbocycles. The first-order valence-corrected chi connectivity index (χ1v) is 9.92. The molecule has 140 valence electrons. The van der Waals surface area contributed by atoms with E-state index in [1.807, 2.05) is 12.1 Å². The molecule has 0 saturated carbocycles. The molecule has 0 aliphatic carbocycles. The third-order valence-electron chi connectivity index (χ3n) is 4.10. The number of benzene rings is 2. The van der Waals surface area contributed by atoms with Gasteiger partial charge in [0.25, 0.3) is 0 Å². The number of aromatic nitrogens is 4. The first-order valence-electron chi connectivity index (χ1n) is 8.55. The fraction of sp³-hybridized carbons (Fsp3) is 0.263. The van der Waals surface area contributed by atoms with Crippen LogP contribution in [0.2, 0.25) is 5.02 Å². The molecule has 0 N–H and O–H groups in total. The summed E-state index contributed by atoms with van der Waals surface area (Å²) in [5, 5.41) is 12.9. The Morgan fingerprint density at radius 3 is 2.63 bits per heavy atom. The van der Waals surface area contributed by atoms with Gasteiger partial charge in [-0.1, -0.05) is 60.6 Å². The van der Waals surface area contributed by atoms with E-state index in [4.69, 9.17) is 11.6 Å². The van der Waals surface area contributed by atoms with Gasteiger partial charge in [0.15, 0.2) is 0 Å². The zero-order valence-electron chi connectivity index (χ0n) is 15.2. The Kier molecular flexibility index (Phi) is 6.47. The lowest BCUT2D eigenvalue weighted by Gasteiger charge is -2.17. The molecule has 6 nitrogen and oxygen atoms in total. The standard InChI is InChI=1S/C19H20ClN5OS/c1-3-14-7-9-15(10-8-14)12-24(2)18(26)13-27-19-21-22-23-25(19)17-6-4-5-16(20)11-17/h4-11H,3,12-13H2,1-2H3. The number of carbonyl (C=O) groups excluding carboxylic acids is 1. The average Bonchev–Trinajstić information content (AvgIpc) is 3.15. The Morgan fingerprint density at radius 1 is 1.19 bits per heavy atom. The number of rotatable bonds is 7. The number of amides is 1. The molecule has 1 heterocycles. The van der Waals surface area contributed by atoms with Crippen molar-refractivity contribution in [1.29, 1.82) is 0 Å². The largest absolute Gasteiger partial charge is 0.341 e. The zero-order valence-corrected chi connectivity index (χ0v) is 16.7. The Labute approximate surface area is 167 Å². The number of carbonyl (C=O) groups is 1. The van der Waals surface area contributed by atoms with Crippen molar-refractivity contribution in [2.75, 3.05) is 12.8 Å². The van der Waals surface area contributed by atoms with E-state index in [2.05, 4.69) is 46.7 Å². The van der Waals surface area contributed by atoms with Crippen molar-refractivity contribution >= 4 is 29.3 Å². The van der Waals surface area contributed by atoms with E-state index in [0.29, 0.717) is 16.7 Å². The summed E-state index contributed by atoms with van der Waals surface area (Å²) in [6.45, 7) is 2.70. The van der Waals surface area contributed by atoms with Crippen molar-refractivity contribution in [3.63, 3.8) is 0 Å². The van der Waals surface area contributed by atoms with Gasteiger partial charge in [-0.05, 0) is 46.2 Å². The van der Waals surface area contributed by atoms with Crippen LogP contribution in [0.4, 0.5) is 0 Å². The minimum Gasteiger partial charge on any atom is -0.341 e. The summed E-state index contributed by atoms with van der Waals surface area (Å²) in [5.41, 5.74) is 3.15. The molecule has 8 heteroatoms. The molecule has 3 aromatic rings. The van der Waals surface area contributed by atoms with Crippen LogP contribution in [0.1, 0.15) is 18.1 Å². The van der Waals surface area contributed by atoms with Gasteiger partial charge in [0, 0.05) is 18.6 Å². The Hall–Kier alpha value is -2.38. The van der Waals surface area contributed by atoms with E-state index in [9.17, 15) is 4.79 Å². The van der Waals surface area contributed by atoms with Crippen LogP contribution in [0.5, 0.6) is 0 Å². The number of hydrogen-bond acceptors (Lipinski definition) is 5. The molecule has 0 saturated heterocycles. The molecule has 0 aliphatic heterocycles. The number of nitrogens with zero attached hydrogens (tertiary/aromatic N) is 5. The zero-order chi connectivity index (χ0) is 19.2. The fourth-order valence-electron chi connectivity index (χ4n) is 2.52. The number of hydrogen-bond donors (Lipinski definition) is 0. The summed E-state index contributed by atoms with van der Waals surface area (Å²) in [4.78, 5) is 14.2. The van der Waals surface area contributed by atoms with Crippen LogP contribution in [-0.4, -0.2) is 43.8 Å². The highest BCUT2D eigenvalue weighted by Crippen LogP contribution is 2.21. The van der Waals surface area contributed by atoms with Crippen LogP contribution >= 0.6 is 23.4 Å². The number of tetrazole rings is 1. The van der Waals surface area contributed by atoms with E-state index in [0.717, 1.165) is 17.7 Å². The quantitative estimate of drug-likeness (QED) is 0.565. The van der Waals surface area contributed by atoms with Crippen molar-refractivity contribution in [3.8, 4) is 5.69 Å². The Morgan fingerprint density at radius 2 is 1.93 bits per heavy atom. The van der Waals surface area contributed by atoms with Crippen LogP contribution in [-0.2, 0) is 17.8 Å². The normalized spacial score (nSPS) is 10.8. The highest BCUT2D eigenvalue weighted by Gasteiger charge is 2.14. The SMILES string of the molecule is CCc1ccc(CN(C)C(=O)CSc2nnnn2-c2cccc(Cl)c2)cc1. The topological polar surface area (TPSA) is 63.9 Å². The number of halogens is 1. The maximum Gasteiger partial charge on any atom is 0.233 e. The minimum atomic E-state index is 0.0141. The van der Waals surface area contributed by atoms with E-state index in [1.165, 1.54) is 17.3 Å². The molecule has 0 radical (unpaired) electrons. The second-order valence-electron chi connectivity index (χ2n) is 6.06. The number of thioether (sulfide) groups is 1. The van der Waals surface area contributed by atoms with Gasteiger partial charge in [-0.15, -0.1) is 5.10 Å². The fourth-order valence-corrected chi connectivity index (χ4v) is 3.53. The molecular formula is C19H20ClN5OS. The maximum atomic E-state index is 12.5. The molecule has 27 heavy (non-hydrogen) atoms. The highest BCUT2D eigenvalue weighted by atomic mass is 35.5. The Balaban J connectivity index is 1.60. The highest BCUT2D eigenvalue weighted by molar-refractivity contribution is 7.99. The first kappa shape index (κ1) is 19.4. The second-order valence-corrected chi connectivity index (χ2v) is 7.44. The predicted molar refractivity (Wildman–Crippen MR) is 107 cm³/mol. The van der Waals surface area contributed by atoms with Crippen LogP contribution in [0.15, 0.2) is 53.7 Å². The molecule has 1 amide bonds. The predicted octanol–water partition coefficient (Wildman–Crippen LogP) is 3.63. The Bertz CT molecular complexity index is 912. The molecule has 3 rings (SSSR count). The van der Waals surface area contributed by atoms with Crippen LogP contribution in [0.25, 0.3) is 5.69 Å². The molecule has 0 unspecified atom stereocenters. The van der Waals surface area contributed by atoms with E-state index < -0.39 is 0 Å². The van der Waals surface area contributed by atoms with E-state index >= 15 is 0 Å². The monoisotopic (exact) mass is 401 g/mol. The average molecular weight is 402 g/mol. The summed E-state index contributed by atoms with van der Waals surface area (Å²) in [6.07, 6.45) is 1.01. The maximum absolute atomic E-state index is 12.5. The van der Waals surface area contributed by atoms with Crippen molar-refractivity contribution in [2.45, 2.75) is 25.0 Å². The molecular weight excluding hydrogens is 382 g/mol. The van der Waals surface area contributed by atoms with Crippen LogP contribution < -0.4 is 0 Å². The van der Waals surface area contributed by atoms with E-state index in [1.54, 1.807) is 28.8 Å². The summed E-state index contributed by atoms with van der Waals surface area (Å²) >= 11 is 7.33. The first-order chi connectivity index (χ1) is 13.1. The molecule has 0 aliphatic rings. The van der Waals surface area contributed by atoms with Gasteiger partial charge in [0.1, 0.15) is 0 Å². The lowest BCUT2D eigenvalue weighted by atomic mass is 10.1. The summed E-state index contributed by atoms with van der Waals surface area (Å²) in [5.74, 6) is 0.269. The smallest absolute Gasteiger partial charge is 0.233 e. The molecule has 0 spiro atoms. The van der Waals surface area contributed by atoms with Crippen molar-refractivity contribution < 1.29 is 4.79 Å². The van der Waals surface area contributed by atoms with Gasteiger partial charge in [0.05, 0.1) is 11.4 Å². The van der Waals surface area contributed by atoms with Gasteiger partial charge in [0.2, 0.25) is 11.1 Å².